The number of thiophene rings is 1. The SMILES string of the molecule is O=C(Cc1coc2ccc(Cl)cc12)Nc1sc2c(c1C(=O)NCCc1ccccc1)CCC2. The van der Waals surface area contributed by atoms with Gasteiger partial charge in [0.25, 0.3) is 5.91 Å². The van der Waals surface area contributed by atoms with Crippen LogP contribution in [-0.4, -0.2) is 18.4 Å². The van der Waals surface area contributed by atoms with E-state index in [1.165, 1.54) is 21.8 Å². The van der Waals surface area contributed by atoms with Gasteiger partial charge in [-0.25, -0.2) is 0 Å². The van der Waals surface area contributed by atoms with Crippen molar-refractivity contribution < 1.29 is 14.0 Å². The van der Waals surface area contributed by atoms with Crippen LogP contribution in [0.5, 0.6) is 0 Å². The first-order valence-electron chi connectivity index (χ1n) is 11.0. The Balaban J connectivity index is 1.30. The summed E-state index contributed by atoms with van der Waals surface area (Å²) in [6.45, 7) is 0.544. The van der Waals surface area contributed by atoms with Gasteiger partial charge in [0.2, 0.25) is 5.91 Å². The van der Waals surface area contributed by atoms with Crippen LogP contribution >= 0.6 is 22.9 Å². The molecular weight excluding hydrogens is 456 g/mol. The summed E-state index contributed by atoms with van der Waals surface area (Å²) >= 11 is 7.62. The monoisotopic (exact) mass is 478 g/mol. The summed E-state index contributed by atoms with van der Waals surface area (Å²) < 4.78 is 5.55. The third-order valence-corrected chi connectivity index (χ3v) is 7.35. The van der Waals surface area contributed by atoms with Gasteiger partial charge in [-0.1, -0.05) is 41.9 Å². The molecule has 0 radical (unpaired) electrons. The fourth-order valence-electron chi connectivity index (χ4n) is 4.32. The number of anilines is 1. The molecule has 0 spiro atoms. The Morgan fingerprint density at radius 3 is 2.79 bits per heavy atom. The molecule has 4 aromatic rings. The summed E-state index contributed by atoms with van der Waals surface area (Å²) in [6, 6.07) is 15.4. The molecule has 0 atom stereocenters. The summed E-state index contributed by atoms with van der Waals surface area (Å²) in [7, 11) is 0. The van der Waals surface area contributed by atoms with E-state index in [1.807, 2.05) is 30.3 Å². The van der Waals surface area contributed by atoms with Crippen LogP contribution in [0.25, 0.3) is 11.0 Å². The Labute approximate surface area is 200 Å². The number of aryl methyl sites for hydroxylation is 1. The van der Waals surface area contributed by atoms with Crippen LogP contribution in [0.15, 0.2) is 59.2 Å². The van der Waals surface area contributed by atoms with E-state index in [2.05, 4.69) is 10.6 Å². The number of amides is 2. The first-order chi connectivity index (χ1) is 16.1. The fraction of sp³-hybridized carbons (Fsp3) is 0.231. The van der Waals surface area contributed by atoms with Crippen LogP contribution in [0.2, 0.25) is 5.02 Å². The molecule has 2 N–H and O–H groups in total. The molecule has 2 heterocycles. The van der Waals surface area contributed by atoms with E-state index in [0.717, 1.165) is 42.2 Å². The van der Waals surface area contributed by atoms with Gasteiger partial charge in [0, 0.05) is 27.4 Å². The maximum atomic E-state index is 13.1. The first kappa shape index (κ1) is 21.7. The molecule has 33 heavy (non-hydrogen) atoms. The number of benzene rings is 2. The minimum Gasteiger partial charge on any atom is -0.464 e. The van der Waals surface area contributed by atoms with Crippen LogP contribution < -0.4 is 10.6 Å². The highest BCUT2D eigenvalue weighted by molar-refractivity contribution is 7.17. The van der Waals surface area contributed by atoms with Crippen molar-refractivity contribution in [3.63, 3.8) is 0 Å². The maximum absolute atomic E-state index is 13.1. The van der Waals surface area contributed by atoms with Gasteiger partial charge in [0.1, 0.15) is 10.6 Å². The molecule has 2 aromatic carbocycles. The van der Waals surface area contributed by atoms with Crippen molar-refractivity contribution in [1.82, 2.24) is 5.32 Å². The van der Waals surface area contributed by atoms with E-state index in [0.29, 0.717) is 27.7 Å². The van der Waals surface area contributed by atoms with Gasteiger partial charge >= 0.3 is 0 Å². The number of furan rings is 1. The molecule has 0 unspecified atom stereocenters. The van der Waals surface area contributed by atoms with E-state index in [9.17, 15) is 9.59 Å². The van der Waals surface area contributed by atoms with Gasteiger partial charge in [0.05, 0.1) is 18.2 Å². The second-order valence-electron chi connectivity index (χ2n) is 8.18. The number of carbonyl (C=O) groups is 2. The average molecular weight is 479 g/mol. The van der Waals surface area contributed by atoms with Crippen molar-refractivity contribution in [1.29, 1.82) is 0 Å². The van der Waals surface area contributed by atoms with Crippen molar-refractivity contribution in [2.24, 2.45) is 0 Å². The quantitative estimate of drug-likeness (QED) is 0.353. The van der Waals surface area contributed by atoms with Gasteiger partial charge in [-0.05, 0) is 55.0 Å². The smallest absolute Gasteiger partial charge is 0.254 e. The Bertz CT molecular complexity index is 1330. The Morgan fingerprint density at radius 2 is 1.94 bits per heavy atom. The average Bonchev–Trinajstić information content (AvgIpc) is 3.49. The number of carbonyl (C=O) groups excluding carboxylic acids is 2. The standard InChI is InChI=1S/C26H23ClN2O3S/c27-18-9-10-21-20(14-18)17(15-32-21)13-23(30)29-26-24(19-7-4-8-22(19)33-26)25(31)28-12-11-16-5-2-1-3-6-16/h1-3,5-6,9-10,14-15H,4,7-8,11-13H2,(H,28,31)(H,29,30). The third-order valence-electron chi connectivity index (χ3n) is 5.91. The fourth-order valence-corrected chi connectivity index (χ4v) is 5.80. The molecule has 0 aliphatic heterocycles. The third kappa shape index (κ3) is 4.68. The predicted molar refractivity (Wildman–Crippen MR) is 132 cm³/mol. The zero-order valence-electron chi connectivity index (χ0n) is 17.9. The van der Waals surface area contributed by atoms with E-state index in [-0.39, 0.29) is 18.2 Å². The number of nitrogens with one attached hydrogen (secondary N) is 2. The predicted octanol–water partition coefficient (Wildman–Crippen LogP) is 5.79. The lowest BCUT2D eigenvalue weighted by molar-refractivity contribution is -0.115. The van der Waals surface area contributed by atoms with E-state index < -0.39 is 0 Å². The molecule has 2 amide bonds. The summed E-state index contributed by atoms with van der Waals surface area (Å²) in [5.74, 6) is -0.308. The van der Waals surface area contributed by atoms with Crippen LogP contribution in [-0.2, 0) is 30.5 Å². The number of fused-ring (bicyclic) bond motifs is 2. The number of hydrogen-bond acceptors (Lipinski definition) is 4. The van der Waals surface area contributed by atoms with Gasteiger partial charge in [-0.15, -0.1) is 11.3 Å². The Morgan fingerprint density at radius 1 is 1.09 bits per heavy atom. The summed E-state index contributed by atoms with van der Waals surface area (Å²) in [5.41, 5.74) is 4.33. The number of halogens is 1. The highest BCUT2D eigenvalue weighted by Crippen LogP contribution is 2.39. The van der Waals surface area contributed by atoms with E-state index in [4.69, 9.17) is 16.0 Å². The molecule has 168 valence electrons. The van der Waals surface area contributed by atoms with Crippen molar-refractivity contribution >= 4 is 50.7 Å². The van der Waals surface area contributed by atoms with Crippen molar-refractivity contribution in [3.8, 4) is 0 Å². The summed E-state index contributed by atoms with van der Waals surface area (Å²) in [6.07, 6.45) is 5.36. The van der Waals surface area contributed by atoms with Gasteiger partial charge in [-0.3, -0.25) is 9.59 Å². The van der Waals surface area contributed by atoms with Gasteiger partial charge in [0.15, 0.2) is 0 Å². The molecule has 1 aliphatic carbocycles. The highest BCUT2D eigenvalue weighted by Gasteiger charge is 2.27. The first-order valence-corrected chi connectivity index (χ1v) is 12.2. The maximum Gasteiger partial charge on any atom is 0.254 e. The molecule has 1 aliphatic rings. The van der Waals surface area contributed by atoms with E-state index >= 15 is 0 Å². The molecule has 0 saturated carbocycles. The van der Waals surface area contributed by atoms with Gasteiger partial charge < -0.3 is 15.1 Å². The molecule has 0 saturated heterocycles. The molecule has 5 rings (SSSR count). The zero-order valence-corrected chi connectivity index (χ0v) is 19.5. The molecule has 2 aromatic heterocycles. The molecule has 0 bridgehead atoms. The van der Waals surface area contributed by atoms with Crippen molar-refractivity contribution in [3.05, 3.63) is 86.9 Å². The van der Waals surface area contributed by atoms with Crippen LogP contribution in [0.4, 0.5) is 5.00 Å². The van der Waals surface area contributed by atoms with Crippen LogP contribution in [0.3, 0.4) is 0 Å². The summed E-state index contributed by atoms with van der Waals surface area (Å²) in [5, 5.41) is 8.08. The second kappa shape index (κ2) is 9.41. The lowest BCUT2D eigenvalue weighted by atomic mass is 10.1. The molecular formula is C26H23ClN2O3S. The minimum atomic E-state index is -0.184. The largest absolute Gasteiger partial charge is 0.464 e. The topological polar surface area (TPSA) is 71.3 Å². The normalized spacial score (nSPS) is 12.6. The zero-order chi connectivity index (χ0) is 22.8. The highest BCUT2D eigenvalue weighted by atomic mass is 35.5. The van der Waals surface area contributed by atoms with Crippen LogP contribution in [0.1, 0.15) is 38.3 Å². The lowest BCUT2D eigenvalue weighted by Gasteiger charge is -2.10. The Kier molecular flexibility index (Phi) is 6.20. The molecule has 0 fully saturated rings. The van der Waals surface area contributed by atoms with Gasteiger partial charge in [-0.2, -0.15) is 0 Å². The van der Waals surface area contributed by atoms with Crippen molar-refractivity contribution in [2.75, 3.05) is 11.9 Å². The summed E-state index contributed by atoms with van der Waals surface area (Å²) in [4.78, 5) is 27.2. The molecule has 7 heteroatoms. The number of rotatable bonds is 7. The van der Waals surface area contributed by atoms with E-state index in [1.54, 1.807) is 24.5 Å². The molecule has 5 nitrogen and oxygen atoms in total. The Hall–Kier alpha value is -3.09. The number of hydrogen-bond donors (Lipinski definition) is 2. The van der Waals surface area contributed by atoms with Crippen LogP contribution in [0, 0.1) is 0 Å². The van der Waals surface area contributed by atoms with Crippen molar-refractivity contribution in [2.45, 2.75) is 32.1 Å². The lowest BCUT2D eigenvalue weighted by Crippen LogP contribution is -2.27. The minimum absolute atomic E-state index is 0.124. The second-order valence-corrected chi connectivity index (χ2v) is 9.72.